The van der Waals surface area contributed by atoms with E-state index in [2.05, 4.69) is 5.32 Å². The number of phenolic OH excluding ortho intramolecular Hbond substituents is 1. The molecule has 0 aromatic heterocycles. The van der Waals surface area contributed by atoms with E-state index in [-0.39, 0.29) is 12.4 Å². The van der Waals surface area contributed by atoms with Gasteiger partial charge in [0.1, 0.15) is 12.4 Å². The van der Waals surface area contributed by atoms with Crippen molar-refractivity contribution < 1.29 is 14.6 Å². The van der Waals surface area contributed by atoms with Gasteiger partial charge in [-0.1, -0.05) is 60.2 Å². The summed E-state index contributed by atoms with van der Waals surface area (Å²) in [7, 11) is 0. The van der Waals surface area contributed by atoms with E-state index in [1.54, 1.807) is 18.2 Å². The van der Waals surface area contributed by atoms with Crippen LogP contribution in [0.1, 0.15) is 17.5 Å². The Morgan fingerprint density at radius 1 is 1.22 bits per heavy atom. The summed E-state index contributed by atoms with van der Waals surface area (Å²) < 4.78 is 5.10. The van der Waals surface area contributed by atoms with Crippen LogP contribution >= 0.6 is 11.6 Å². The molecule has 4 nitrogen and oxygen atoms in total. The number of carbonyl (C=O) groups is 1. The van der Waals surface area contributed by atoms with Gasteiger partial charge in [-0.3, -0.25) is 0 Å². The molecule has 0 atom stereocenters. The van der Waals surface area contributed by atoms with E-state index < -0.39 is 6.09 Å². The molecule has 0 radical (unpaired) electrons. The molecule has 0 saturated carbocycles. The van der Waals surface area contributed by atoms with Gasteiger partial charge in [-0.2, -0.15) is 0 Å². The topological polar surface area (TPSA) is 58.6 Å². The van der Waals surface area contributed by atoms with E-state index in [1.165, 1.54) is 0 Å². The molecular formula is C18H18ClNO3. The molecule has 0 aliphatic rings. The molecule has 0 saturated heterocycles. The molecule has 0 heterocycles. The molecule has 2 N–H and O–H groups in total. The van der Waals surface area contributed by atoms with Crippen LogP contribution in [-0.4, -0.2) is 17.7 Å². The Morgan fingerprint density at radius 2 is 2.00 bits per heavy atom. The number of hydrogen-bond donors (Lipinski definition) is 2. The Labute approximate surface area is 140 Å². The second kappa shape index (κ2) is 8.86. The highest BCUT2D eigenvalue weighted by Crippen LogP contribution is 2.24. The van der Waals surface area contributed by atoms with E-state index in [4.69, 9.17) is 16.3 Å². The summed E-state index contributed by atoms with van der Waals surface area (Å²) in [6.07, 6.45) is 3.98. The Bertz CT molecular complexity index is 671. The van der Waals surface area contributed by atoms with Crippen LogP contribution in [0, 0.1) is 0 Å². The van der Waals surface area contributed by atoms with E-state index in [0.717, 1.165) is 11.1 Å². The number of aromatic hydroxyl groups is 1. The molecule has 0 bridgehead atoms. The van der Waals surface area contributed by atoms with Crippen LogP contribution in [0.3, 0.4) is 0 Å². The van der Waals surface area contributed by atoms with Crippen molar-refractivity contribution in [3.63, 3.8) is 0 Å². The number of hydrogen-bond acceptors (Lipinski definition) is 3. The lowest BCUT2D eigenvalue weighted by Gasteiger charge is -2.05. The van der Waals surface area contributed by atoms with Crippen LogP contribution in [0.15, 0.2) is 54.6 Å². The van der Waals surface area contributed by atoms with Crippen LogP contribution in [0.2, 0.25) is 5.02 Å². The summed E-state index contributed by atoms with van der Waals surface area (Å²) in [6.45, 7) is 0.732. The van der Waals surface area contributed by atoms with E-state index in [1.807, 2.05) is 42.5 Å². The molecule has 5 heteroatoms. The van der Waals surface area contributed by atoms with Crippen LogP contribution in [0.25, 0.3) is 6.08 Å². The monoisotopic (exact) mass is 331 g/mol. The van der Waals surface area contributed by atoms with Crippen molar-refractivity contribution in [2.75, 3.05) is 6.54 Å². The lowest BCUT2D eigenvalue weighted by molar-refractivity contribution is 0.140. The van der Waals surface area contributed by atoms with Crippen molar-refractivity contribution in [1.82, 2.24) is 5.32 Å². The molecule has 0 aliphatic carbocycles. The fraction of sp³-hybridized carbons (Fsp3) is 0.167. The first-order chi connectivity index (χ1) is 11.1. The van der Waals surface area contributed by atoms with Gasteiger partial charge in [0.05, 0.1) is 5.02 Å². The Balaban J connectivity index is 1.65. The van der Waals surface area contributed by atoms with Crippen LogP contribution in [0.5, 0.6) is 5.75 Å². The molecule has 2 rings (SSSR count). The van der Waals surface area contributed by atoms with Gasteiger partial charge in [-0.15, -0.1) is 0 Å². The number of nitrogens with one attached hydrogen (secondary N) is 1. The summed E-state index contributed by atoms with van der Waals surface area (Å²) >= 11 is 5.74. The van der Waals surface area contributed by atoms with E-state index >= 15 is 0 Å². The highest BCUT2D eigenvalue weighted by molar-refractivity contribution is 6.32. The number of alkyl carbamates (subject to hydrolysis) is 1. The number of rotatable bonds is 6. The highest BCUT2D eigenvalue weighted by Gasteiger charge is 2.01. The third-order valence-corrected chi connectivity index (χ3v) is 3.39. The summed E-state index contributed by atoms with van der Waals surface area (Å²) in [5.41, 5.74) is 1.80. The zero-order chi connectivity index (χ0) is 16.5. The molecule has 120 valence electrons. The van der Waals surface area contributed by atoms with Gasteiger partial charge < -0.3 is 15.2 Å². The summed E-state index contributed by atoms with van der Waals surface area (Å²) in [6, 6.07) is 14.5. The lowest BCUT2D eigenvalue weighted by atomic mass is 10.2. The molecule has 2 aromatic carbocycles. The van der Waals surface area contributed by atoms with Crippen molar-refractivity contribution in [3.05, 3.63) is 70.8 Å². The summed E-state index contributed by atoms with van der Waals surface area (Å²) in [5, 5.41) is 12.5. The normalized spacial score (nSPS) is 10.7. The Morgan fingerprint density at radius 3 is 2.74 bits per heavy atom. The fourth-order valence-electron chi connectivity index (χ4n) is 1.88. The number of halogens is 1. The largest absolute Gasteiger partial charge is 0.506 e. The molecule has 0 unspecified atom stereocenters. The summed E-state index contributed by atoms with van der Waals surface area (Å²) in [4.78, 5) is 11.5. The van der Waals surface area contributed by atoms with E-state index in [0.29, 0.717) is 18.0 Å². The maximum absolute atomic E-state index is 11.5. The number of ether oxygens (including phenoxy) is 1. The minimum atomic E-state index is -0.439. The average molecular weight is 332 g/mol. The van der Waals surface area contributed by atoms with Gasteiger partial charge in [-0.25, -0.2) is 4.79 Å². The molecular weight excluding hydrogens is 314 g/mol. The first kappa shape index (κ1) is 16.9. The quantitative estimate of drug-likeness (QED) is 0.772. The zero-order valence-electron chi connectivity index (χ0n) is 12.5. The fourth-order valence-corrected chi connectivity index (χ4v) is 2.00. The van der Waals surface area contributed by atoms with Crippen LogP contribution < -0.4 is 5.32 Å². The van der Waals surface area contributed by atoms with Crippen molar-refractivity contribution in [2.24, 2.45) is 0 Å². The minimum Gasteiger partial charge on any atom is -0.506 e. The number of phenols is 1. The maximum Gasteiger partial charge on any atom is 0.407 e. The highest BCUT2D eigenvalue weighted by atomic mass is 35.5. The first-order valence-electron chi connectivity index (χ1n) is 7.25. The molecule has 0 aliphatic heterocycles. The molecule has 23 heavy (non-hydrogen) atoms. The van der Waals surface area contributed by atoms with Gasteiger partial charge in [0.2, 0.25) is 0 Å². The Kier molecular flexibility index (Phi) is 6.51. The van der Waals surface area contributed by atoms with Crippen molar-refractivity contribution >= 4 is 23.8 Å². The third kappa shape index (κ3) is 6.04. The van der Waals surface area contributed by atoms with Gasteiger partial charge in [-0.05, 0) is 29.7 Å². The zero-order valence-corrected chi connectivity index (χ0v) is 13.3. The van der Waals surface area contributed by atoms with E-state index in [9.17, 15) is 9.90 Å². The lowest BCUT2D eigenvalue weighted by Crippen LogP contribution is -2.24. The second-order valence-electron chi connectivity index (χ2n) is 4.89. The van der Waals surface area contributed by atoms with Crippen molar-refractivity contribution in [1.29, 1.82) is 0 Å². The minimum absolute atomic E-state index is 0.0523. The van der Waals surface area contributed by atoms with Gasteiger partial charge >= 0.3 is 6.09 Å². The molecule has 2 aromatic rings. The van der Waals surface area contributed by atoms with Gasteiger partial charge in [0.15, 0.2) is 0 Å². The molecule has 0 fully saturated rings. The van der Waals surface area contributed by atoms with Crippen molar-refractivity contribution in [3.8, 4) is 5.75 Å². The smallest absolute Gasteiger partial charge is 0.407 e. The van der Waals surface area contributed by atoms with Gasteiger partial charge in [0.25, 0.3) is 0 Å². The second-order valence-corrected chi connectivity index (χ2v) is 5.30. The summed E-state index contributed by atoms with van der Waals surface area (Å²) in [5.74, 6) is 0.0523. The average Bonchev–Trinajstić information content (AvgIpc) is 2.57. The van der Waals surface area contributed by atoms with Crippen LogP contribution in [0.4, 0.5) is 4.79 Å². The predicted molar refractivity (Wildman–Crippen MR) is 91.4 cm³/mol. The van der Waals surface area contributed by atoms with Crippen molar-refractivity contribution in [2.45, 2.75) is 13.0 Å². The number of carbonyl (C=O) groups excluding carboxylic acids is 1. The number of benzene rings is 2. The maximum atomic E-state index is 11.5. The SMILES string of the molecule is O=C(NCCC=Cc1ccc(Cl)c(O)c1)OCc1ccccc1. The number of amides is 1. The molecule has 0 spiro atoms. The molecule has 1 amide bonds. The van der Waals surface area contributed by atoms with Gasteiger partial charge in [0, 0.05) is 6.54 Å². The van der Waals surface area contributed by atoms with Crippen LogP contribution in [-0.2, 0) is 11.3 Å². The third-order valence-electron chi connectivity index (χ3n) is 3.07. The predicted octanol–water partition coefficient (Wildman–Crippen LogP) is 4.38. The Hall–Kier alpha value is -2.46. The standard InChI is InChI=1S/C18H18ClNO3/c19-16-10-9-14(12-17(16)21)6-4-5-11-20-18(22)23-13-15-7-2-1-3-8-15/h1-4,6-10,12,21H,5,11,13H2,(H,20,22). The first-order valence-corrected chi connectivity index (χ1v) is 7.62.